The summed E-state index contributed by atoms with van der Waals surface area (Å²) in [7, 11) is 0. The standard InChI is InChI=1S/C14H20N2/c1-4-8-16(9-5-1)11-14-13-7-3-2-6-12(13)10-15-14/h2-3,6-7,14-15H,1,4-5,8-11H2. The molecule has 2 aliphatic rings. The molecule has 2 heteroatoms. The van der Waals surface area contributed by atoms with E-state index in [4.69, 9.17) is 0 Å². The van der Waals surface area contributed by atoms with Crippen molar-refractivity contribution in [2.24, 2.45) is 0 Å². The molecule has 0 saturated carbocycles. The fraction of sp³-hybridized carbons (Fsp3) is 0.571. The Labute approximate surface area is 97.6 Å². The summed E-state index contributed by atoms with van der Waals surface area (Å²) in [5.41, 5.74) is 3.01. The lowest BCUT2D eigenvalue weighted by Crippen LogP contribution is -2.36. The minimum absolute atomic E-state index is 0.564. The number of nitrogens with zero attached hydrogens (tertiary/aromatic N) is 1. The Kier molecular flexibility index (Phi) is 2.94. The first-order valence-corrected chi connectivity index (χ1v) is 6.47. The molecule has 0 aliphatic carbocycles. The molecule has 1 unspecified atom stereocenters. The van der Waals surface area contributed by atoms with E-state index in [1.807, 2.05) is 0 Å². The van der Waals surface area contributed by atoms with Gasteiger partial charge in [0.2, 0.25) is 0 Å². The van der Waals surface area contributed by atoms with Gasteiger partial charge in [-0.25, -0.2) is 0 Å². The molecule has 0 bridgehead atoms. The van der Waals surface area contributed by atoms with Crippen molar-refractivity contribution in [1.82, 2.24) is 10.2 Å². The molecule has 1 aromatic rings. The highest BCUT2D eigenvalue weighted by Crippen LogP contribution is 2.26. The van der Waals surface area contributed by atoms with Crippen LogP contribution in [-0.4, -0.2) is 24.5 Å². The molecule has 1 fully saturated rings. The van der Waals surface area contributed by atoms with Crippen LogP contribution in [0.15, 0.2) is 24.3 Å². The van der Waals surface area contributed by atoms with Crippen molar-refractivity contribution in [1.29, 1.82) is 0 Å². The van der Waals surface area contributed by atoms with Gasteiger partial charge in [0.15, 0.2) is 0 Å². The predicted octanol–water partition coefficient (Wildman–Crippen LogP) is 2.32. The van der Waals surface area contributed by atoms with Crippen LogP contribution < -0.4 is 5.32 Å². The van der Waals surface area contributed by atoms with Crippen molar-refractivity contribution < 1.29 is 0 Å². The van der Waals surface area contributed by atoms with E-state index in [2.05, 4.69) is 34.5 Å². The summed E-state index contributed by atoms with van der Waals surface area (Å²) in [6.07, 6.45) is 4.19. The van der Waals surface area contributed by atoms with E-state index in [-0.39, 0.29) is 0 Å². The van der Waals surface area contributed by atoms with Crippen LogP contribution >= 0.6 is 0 Å². The zero-order valence-electron chi connectivity index (χ0n) is 9.78. The normalized spacial score (nSPS) is 25.6. The second-order valence-corrected chi connectivity index (χ2v) is 4.99. The average Bonchev–Trinajstić information content (AvgIpc) is 2.74. The lowest BCUT2D eigenvalue weighted by atomic mass is 10.0. The maximum Gasteiger partial charge on any atom is 0.0455 e. The van der Waals surface area contributed by atoms with E-state index < -0.39 is 0 Å². The minimum atomic E-state index is 0.564. The average molecular weight is 216 g/mol. The van der Waals surface area contributed by atoms with Crippen LogP contribution in [0, 0.1) is 0 Å². The van der Waals surface area contributed by atoms with E-state index in [1.165, 1.54) is 50.0 Å². The van der Waals surface area contributed by atoms with Crippen molar-refractivity contribution in [3.8, 4) is 0 Å². The van der Waals surface area contributed by atoms with Crippen LogP contribution in [0.3, 0.4) is 0 Å². The van der Waals surface area contributed by atoms with Gasteiger partial charge in [-0.2, -0.15) is 0 Å². The largest absolute Gasteiger partial charge is 0.305 e. The van der Waals surface area contributed by atoms with Crippen LogP contribution in [0.25, 0.3) is 0 Å². The molecular weight excluding hydrogens is 196 g/mol. The van der Waals surface area contributed by atoms with Crippen molar-refractivity contribution in [3.63, 3.8) is 0 Å². The molecule has 2 heterocycles. The van der Waals surface area contributed by atoms with Gasteiger partial charge in [0.25, 0.3) is 0 Å². The van der Waals surface area contributed by atoms with Gasteiger partial charge in [-0.3, -0.25) is 0 Å². The summed E-state index contributed by atoms with van der Waals surface area (Å²) < 4.78 is 0. The molecule has 2 nitrogen and oxygen atoms in total. The molecule has 1 N–H and O–H groups in total. The van der Waals surface area contributed by atoms with Crippen molar-refractivity contribution in [2.45, 2.75) is 31.8 Å². The highest BCUT2D eigenvalue weighted by atomic mass is 15.2. The van der Waals surface area contributed by atoms with Gasteiger partial charge in [0.05, 0.1) is 0 Å². The van der Waals surface area contributed by atoms with Gasteiger partial charge in [0, 0.05) is 19.1 Å². The molecule has 16 heavy (non-hydrogen) atoms. The van der Waals surface area contributed by atoms with Crippen LogP contribution in [0.4, 0.5) is 0 Å². The maximum absolute atomic E-state index is 3.63. The summed E-state index contributed by atoms with van der Waals surface area (Å²) >= 11 is 0. The Bertz CT molecular complexity index is 356. The first-order valence-electron chi connectivity index (χ1n) is 6.47. The third-order valence-electron chi connectivity index (χ3n) is 3.86. The molecule has 0 amide bonds. The fourth-order valence-electron chi connectivity index (χ4n) is 2.94. The van der Waals surface area contributed by atoms with Crippen LogP contribution in [0.1, 0.15) is 36.4 Å². The minimum Gasteiger partial charge on any atom is -0.305 e. The Balaban J connectivity index is 1.68. The third kappa shape index (κ3) is 2.00. The Morgan fingerprint density at radius 1 is 1.12 bits per heavy atom. The van der Waals surface area contributed by atoms with Crippen molar-refractivity contribution in [2.75, 3.05) is 19.6 Å². The third-order valence-corrected chi connectivity index (χ3v) is 3.86. The second kappa shape index (κ2) is 4.56. The van der Waals surface area contributed by atoms with Gasteiger partial charge in [-0.1, -0.05) is 30.7 Å². The van der Waals surface area contributed by atoms with E-state index in [0.717, 1.165) is 6.54 Å². The number of hydrogen-bond acceptors (Lipinski definition) is 2. The highest BCUT2D eigenvalue weighted by molar-refractivity contribution is 5.33. The van der Waals surface area contributed by atoms with Crippen LogP contribution in [-0.2, 0) is 6.54 Å². The molecule has 1 aromatic carbocycles. The number of fused-ring (bicyclic) bond motifs is 1. The lowest BCUT2D eigenvalue weighted by molar-refractivity contribution is 0.208. The second-order valence-electron chi connectivity index (χ2n) is 4.99. The number of hydrogen-bond donors (Lipinski definition) is 1. The molecule has 3 rings (SSSR count). The Morgan fingerprint density at radius 3 is 2.81 bits per heavy atom. The molecule has 1 saturated heterocycles. The molecule has 0 radical (unpaired) electrons. The maximum atomic E-state index is 3.63. The SMILES string of the molecule is c1ccc2c(c1)CNC2CN1CCCCC1. The predicted molar refractivity (Wildman–Crippen MR) is 66.3 cm³/mol. The molecular formula is C14H20N2. The number of likely N-dealkylation sites (tertiary alicyclic amines) is 1. The van der Waals surface area contributed by atoms with Gasteiger partial charge in [0.1, 0.15) is 0 Å². The zero-order chi connectivity index (χ0) is 10.8. The van der Waals surface area contributed by atoms with Gasteiger partial charge < -0.3 is 10.2 Å². The fourth-order valence-corrected chi connectivity index (χ4v) is 2.94. The number of benzene rings is 1. The smallest absolute Gasteiger partial charge is 0.0455 e. The van der Waals surface area contributed by atoms with Crippen LogP contribution in [0.2, 0.25) is 0 Å². The van der Waals surface area contributed by atoms with E-state index in [9.17, 15) is 0 Å². The first-order chi connectivity index (χ1) is 7.93. The van der Waals surface area contributed by atoms with E-state index >= 15 is 0 Å². The van der Waals surface area contributed by atoms with E-state index in [0.29, 0.717) is 6.04 Å². The number of rotatable bonds is 2. The van der Waals surface area contributed by atoms with Gasteiger partial charge in [-0.05, 0) is 37.1 Å². The molecule has 2 aliphatic heterocycles. The molecule has 86 valence electrons. The highest BCUT2D eigenvalue weighted by Gasteiger charge is 2.23. The van der Waals surface area contributed by atoms with Crippen LogP contribution in [0.5, 0.6) is 0 Å². The Morgan fingerprint density at radius 2 is 1.94 bits per heavy atom. The number of piperidine rings is 1. The van der Waals surface area contributed by atoms with Gasteiger partial charge >= 0.3 is 0 Å². The quantitative estimate of drug-likeness (QED) is 0.816. The van der Waals surface area contributed by atoms with Gasteiger partial charge in [-0.15, -0.1) is 0 Å². The van der Waals surface area contributed by atoms with Crippen molar-refractivity contribution >= 4 is 0 Å². The number of nitrogens with one attached hydrogen (secondary N) is 1. The summed E-state index contributed by atoms with van der Waals surface area (Å²) in [6, 6.07) is 9.40. The summed E-state index contributed by atoms with van der Waals surface area (Å²) in [5, 5.41) is 3.63. The lowest BCUT2D eigenvalue weighted by Gasteiger charge is -2.29. The molecule has 1 atom stereocenters. The topological polar surface area (TPSA) is 15.3 Å². The summed E-state index contributed by atoms with van der Waals surface area (Å²) in [4.78, 5) is 2.61. The van der Waals surface area contributed by atoms with Crippen molar-refractivity contribution in [3.05, 3.63) is 35.4 Å². The first kappa shape index (κ1) is 10.3. The molecule has 0 spiro atoms. The zero-order valence-corrected chi connectivity index (χ0v) is 9.78. The monoisotopic (exact) mass is 216 g/mol. The summed E-state index contributed by atoms with van der Waals surface area (Å²) in [6.45, 7) is 4.83. The Hall–Kier alpha value is -0.860. The molecule has 0 aromatic heterocycles. The van der Waals surface area contributed by atoms with E-state index in [1.54, 1.807) is 0 Å². The summed E-state index contributed by atoms with van der Waals surface area (Å²) in [5.74, 6) is 0.